The van der Waals surface area contributed by atoms with Crippen molar-refractivity contribution in [3.63, 3.8) is 0 Å². The van der Waals surface area contributed by atoms with Crippen LogP contribution in [0.5, 0.6) is 0 Å². The Morgan fingerprint density at radius 2 is 1.78 bits per heavy atom. The highest BCUT2D eigenvalue weighted by molar-refractivity contribution is 7.89. The van der Waals surface area contributed by atoms with E-state index in [2.05, 4.69) is 10.5 Å². The van der Waals surface area contributed by atoms with E-state index in [1.165, 1.54) is 16.4 Å². The summed E-state index contributed by atoms with van der Waals surface area (Å²) in [6.45, 7) is 7.33. The number of anilines is 2. The molecule has 0 fully saturated rings. The fraction of sp³-hybridized carbons (Fsp3) is 0.444. The van der Waals surface area contributed by atoms with Crippen molar-refractivity contribution in [2.45, 2.75) is 38.6 Å². The van der Waals surface area contributed by atoms with Gasteiger partial charge in [0.15, 0.2) is 5.76 Å². The molecule has 0 unspecified atom stereocenters. The average molecular weight is 394 g/mol. The summed E-state index contributed by atoms with van der Waals surface area (Å²) in [5, 5.41) is 6.64. The van der Waals surface area contributed by atoms with E-state index in [1.807, 2.05) is 20.8 Å². The number of sulfonamides is 1. The van der Waals surface area contributed by atoms with E-state index < -0.39 is 10.0 Å². The largest absolute Gasteiger partial charge is 0.361 e. The first-order chi connectivity index (χ1) is 12.5. The molecule has 27 heavy (non-hydrogen) atoms. The number of aryl methyl sites for hydroxylation is 2. The third-order valence-electron chi connectivity index (χ3n) is 4.30. The molecule has 0 bridgehead atoms. The van der Waals surface area contributed by atoms with E-state index in [9.17, 15) is 13.2 Å². The van der Waals surface area contributed by atoms with Crippen molar-refractivity contribution in [2.75, 3.05) is 30.9 Å². The Labute approximate surface area is 160 Å². The Hall–Kier alpha value is -2.39. The summed E-state index contributed by atoms with van der Waals surface area (Å²) in [4.78, 5) is 14.2. The van der Waals surface area contributed by atoms with Crippen molar-refractivity contribution >= 4 is 27.3 Å². The molecule has 1 aromatic heterocycles. The molecular weight excluding hydrogens is 368 g/mol. The number of nitrogens with zero attached hydrogens (tertiary/aromatic N) is 3. The first-order valence-corrected chi connectivity index (χ1v) is 10.00. The van der Waals surface area contributed by atoms with Crippen LogP contribution in [0.1, 0.15) is 25.3 Å². The van der Waals surface area contributed by atoms with Gasteiger partial charge in [-0.2, -0.15) is 4.31 Å². The first-order valence-electron chi connectivity index (χ1n) is 8.56. The van der Waals surface area contributed by atoms with Crippen LogP contribution in [0.15, 0.2) is 33.7 Å². The third-order valence-corrected chi connectivity index (χ3v) is 6.35. The lowest BCUT2D eigenvalue weighted by Gasteiger charge is -2.21. The zero-order valence-corrected chi connectivity index (χ0v) is 17.3. The molecule has 0 saturated heterocycles. The van der Waals surface area contributed by atoms with E-state index in [1.54, 1.807) is 38.1 Å². The molecular formula is C18H26N4O4S. The molecule has 2 aromatic rings. The van der Waals surface area contributed by atoms with Crippen LogP contribution in [0, 0.1) is 13.8 Å². The number of carbonyl (C=O) groups is 1. The lowest BCUT2D eigenvalue weighted by atomic mass is 10.3. The maximum atomic E-state index is 12.5. The molecule has 0 atom stereocenters. The molecule has 1 heterocycles. The van der Waals surface area contributed by atoms with Crippen molar-refractivity contribution in [1.82, 2.24) is 9.46 Å². The molecule has 0 radical (unpaired) electrons. The second-order valence-corrected chi connectivity index (χ2v) is 8.71. The Bertz CT molecular complexity index is 884. The smallest absolute Gasteiger partial charge is 0.243 e. The summed E-state index contributed by atoms with van der Waals surface area (Å²) in [6.07, 6.45) is 0. The normalized spacial score (nSPS) is 11.9. The Morgan fingerprint density at radius 3 is 2.26 bits per heavy atom. The van der Waals surface area contributed by atoms with Crippen LogP contribution in [-0.4, -0.2) is 50.5 Å². The summed E-state index contributed by atoms with van der Waals surface area (Å²) >= 11 is 0. The topological polar surface area (TPSA) is 95.7 Å². The summed E-state index contributed by atoms with van der Waals surface area (Å²) in [5.74, 6) is 0.416. The molecule has 0 saturated carbocycles. The summed E-state index contributed by atoms with van der Waals surface area (Å²) in [7, 11) is -0.223. The molecule has 1 N–H and O–H groups in total. The second kappa shape index (κ2) is 8.10. The van der Waals surface area contributed by atoms with Crippen LogP contribution in [0.4, 0.5) is 11.4 Å². The van der Waals surface area contributed by atoms with Gasteiger partial charge in [-0.25, -0.2) is 8.42 Å². The Kier molecular flexibility index (Phi) is 6.27. The molecule has 1 aromatic carbocycles. The van der Waals surface area contributed by atoms with Gasteiger partial charge in [-0.15, -0.1) is 0 Å². The van der Waals surface area contributed by atoms with Crippen LogP contribution in [0.25, 0.3) is 0 Å². The van der Waals surface area contributed by atoms with Crippen molar-refractivity contribution in [1.29, 1.82) is 0 Å². The average Bonchev–Trinajstić information content (AvgIpc) is 2.93. The molecule has 8 nitrogen and oxygen atoms in total. The highest BCUT2D eigenvalue weighted by Crippen LogP contribution is 2.23. The number of benzene rings is 1. The van der Waals surface area contributed by atoms with Gasteiger partial charge in [-0.3, -0.25) is 4.79 Å². The summed E-state index contributed by atoms with van der Waals surface area (Å²) < 4.78 is 31.3. The lowest BCUT2D eigenvalue weighted by Crippen LogP contribution is -2.33. The zero-order valence-electron chi connectivity index (χ0n) is 16.5. The van der Waals surface area contributed by atoms with E-state index in [0.717, 1.165) is 5.69 Å². The second-order valence-electron chi connectivity index (χ2n) is 6.72. The number of hydrogen-bond donors (Lipinski definition) is 1. The van der Waals surface area contributed by atoms with Crippen molar-refractivity contribution in [2.24, 2.45) is 0 Å². The van der Waals surface area contributed by atoms with E-state index in [-0.39, 0.29) is 23.4 Å². The highest BCUT2D eigenvalue weighted by Gasteiger charge is 2.23. The summed E-state index contributed by atoms with van der Waals surface area (Å²) in [5.41, 5.74) is 2.02. The van der Waals surface area contributed by atoms with E-state index in [4.69, 9.17) is 4.52 Å². The van der Waals surface area contributed by atoms with Gasteiger partial charge in [0, 0.05) is 25.8 Å². The number of likely N-dealkylation sites (N-methyl/N-ethyl adjacent to an activating group) is 1. The van der Waals surface area contributed by atoms with Gasteiger partial charge < -0.3 is 14.7 Å². The highest BCUT2D eigenvalue weighted by atomic mass is 32.2. The Balaban J connectivity index is 2.05. The zero-order chi connectivity index (χ0) is 20.4. The minimum absolute atomic E-state index is 0.110. The SMILES string of the molecule is Cc1noc(C)c1N(C)CC(=O)Nc1ccc(S(=O)(=O)N(C)C(C)C)cc1. The molecule has 2 rings (SSSR count). The van der Waals surface area contributed by atoms with Crippen molar-refractivity contribution in [3.05, 3.63) is 35.7 Å². The van der Waals surface area contributed by atoms with E-state index >= 15 is 0 Å². The number of rotatable bonds is 7. The molecule has 1 amide bonds. The minimum atomic E-state index is -3.55. The first kappa shape index (κ1) is 20.9. The van der Waals surface area contributed by atoms with Crippen LogP contribution in [-0.2, 0) is 14.8 Å². The van der Waals surface area contributed by atoms with Gasteiger partial charge >= 0.3 is 0 Å². The standard InChI is InChI=1S/C18H26N4O4S/c1-12(2)22(6)27(24,25)16-9-7-15(8-10-16)19-17(23)11-21(5)18-13(3)20-26-14(18)4/h7-10,12H,11H2,1-6H3,(H,19,23). The molecule has 0 aliphatic carbocycles. The van der Waals surface area contributed by atoms with Gasteiger partial charge in [0.05, 0.1) is 11.4 Å². The minimum Gasteiger partial charge on any atom is -0.361 e. The van der Waals surface area contributed by atoms with Gasteiger partial charge in [-0.1, -0.05) is 5.16 Å². The molecule has 148 valence electrons. The number of amides is 1. The molecule has 0 aliphatic rings. The van der Waals surface area contributed by atoms with Crippen LogP contribution in [0.3, 0.4) is 0 Å². The predicted molar refractivity (Wildman–Crippen MR) is 104 cm³/mol. The number of hydrogen-bond acceptors (Lipinski definition) is 6. The fourth-order valence-electron chi connectivity index (χ4n) is 2.67. The van der Waals surface area contributed by atoms with E-state index in [0.29, 0.717) is 17.1 Å². The maximum Gasteiger partial charge on any atom is 0.243 e. The van der Waals surface area contributed by atoms with Gasteiger partial charge in [0.1, 0.15) is 11.4 Å². The monoisotopic (exact) mass is 394 g/mol. The molecule has 0 spiro atoms. The van der Waals surface area contributed by atoms with Crippen LogP contribution >= 0.6 is 0 Å². The van der Waals surface area contributed by atoms with Gasteiger partial charge in [-0.05, 0) is 52.0 Å². The van der Waals surface area contributed by atoms with Gasteiger partial charge in [0.25, 0.3) is 0 Å². The fourth-order valence-corrected chi connectivity index (χ4v) is 4.04. The third kappa shape index (κ3) is 4.67. The Morgan fingerprint density at radius 1 is 1.19 bits per heavy atom. The molecule has 0 aliphatic heterocycles. The number of carbonyl (C=O) groups excluding carboxylic acids is 1. The maximum absolute atomic E-state index is 12.5. The lowest BCUT2D eigenvalue weighted by molar-refractivity contribution is -0.114. The molecule has 9 heteroatoms. The van der Waals surface area contributed by atoms with Gasteiger partial charge in [0.2, 0.25) is 15.9 Å². The number of nitrogens with one attached hydrogen (secondary N) is 1. The van der Waals surface area contributed by atoms with Crippen molar-refractivity contribution < 1.29 is 17.7 Å². The van der Waals surface area contributed by atoms with Crippen molar-refractivity contribution in [3.8, 4) is 0 Å². The quantitative estimate of drug-likeness (QED) is 0.775. The predicted octanol–water partition coefficient (Wildman–Crippen LogP) is 2.40. The van der Waals surface area contributed by atoms with Crippen LogP contribution in [0.2, 0.25) is 0 Å². The number of aromatic nitrogens is 1. The van der Waals surface area contributed by atoms with Crippen LogP contribution < -0.4 is 10.2 Å². The summed E-state index contributed by atoms with van der Waals surface area (Å²) in [6, 6.07) is 5.99.